The number of anilines is 3. The first kappa shape index (κ1) is 28.7. The average Bonchev–Trinajstić information content (AvgIpc) is 3.49. The molecule has 2 N–H and O–H groups in total. The van der Waals surface area contributed by atoms with Gasteiger partial charge in [0.1, 0.15) is 5.69 Å². The molecule has 8 bridgehead atoms. The molecular formula is C27H31F3N8O3S. The molecule has 2 aromatic heterocycles. The van der Waals surface area contributed by atoms with Gasteiger partial charge < -0.3 is 29.1 Å². The molecule has 4 aliphatic heterocycles. The van der Waals surface area contributed by atoms with Gasteiger partial charge in [0.05, 0.1) is 55.7 Å². The number of aromatic nitrogens is 5. The highest BCUT2D eigenvalue weighted by Gasteiger charge is 2.57. The summed E-state index contributed by atoms with van der Waals surface area (Å²) in [4.78, 5) is 13.1. The summed E-state index contributed by atoms with van der Waals surface area (Å²) in [6, 6.07) is 7.36. The molecule has 7 rings (SSSR count). The molecular weight excluding hydrogens is 573 g/mol. The molecule has 0 amide bonds. The lowest BCUT2D eigenvalue weighted by Gasteiger charge is -2.43. The Morgan fingerprint density at radius 1 is 1.10 bits per heavy atom. The molecule has 224 valence electrons. The monoisotopic (exact) mass is 604 g/mol. The van der Waals surface area contributed by atoms with E-state index in [4.69, 9.17) is 19.6 Å². The maximum absolute atomic E-state index is 14.4. The lowest BCUT2D eigenvalue weighted by Crippen LogP contribution is -2.55. The van der Waals surface area contributed by atoms with E-state index in [1.54, 1.807) is 35.3 Å². The lowest BCUT2D eigenvalue weighted by molar-refractivity contribution is -0.281. The van der Waals surface area contributed by atoms with Gasteiger partial charge in [-0.2, -0.15) is 13.2 Å². The maximum atomic E-state index is 14.4. The summed E-state index contributed by atoms with van der Waals surface area (Å²) in [6.45, 7) is 1.54. The molecule has 42 heavy (non-hydrogen) atoms. The van der Waals surface area contributed by atoms with Gasteiger partial charge in [-0.1, -0.05) is 29.3 Å². The fourth-order valence-electron chi connectivity index (χ4n) is 5.36. The molecule has 2 saturated heterocycles. The number of nitrogens with one attached hydrogen (secondary N) is 1. The van der Waals surface area contributed by atoms with Crippen LogP contribution in [0.4, 0.5) is 30.5 Å². The second kappa shape index (κ2) is 12.1. The minimum atomic E-state index is -4.53. The average molecular weight is 605 g/mol. The Bertz CT molecular complexity index is 1410. The molecule has 4 aliphatic rings. The highest BCUT2D eigenvalue weighted by molar-refractivity contribution is 8.00. The van der Waals surface area contributed by atoms with Crippen molar-refractivity contribution in [1.29, 1.82) is 0 Å². The van der Waals surface area contributed by atoms with Crippen molar-refractivity contribution in [2.75, 3.05) is 66.3 Å². The number of fused-ring (bicyclic) bond motifs is 4. The van der Waals surface area contributed by atoms with Crippen LogP contribution in [0.3, 0.4) is 0 Å². The quantitative estimate of drug-likeness (QED) is 0.259. The van der Waals surface area contributed by atoms with Crippen LogP contribution in [0.1, 0.15) is 12.8 Å². The number of piperidine rings is 1. The standard InChI is InChI=1S/C27H31F3N8O3S/c28-27(29,30)26-6-9-36(10-7-26)24-16-19(34-42-15-12-39)3-4-23(24)38-18-22(33-35-38)21-5-8-31-25(32-21)37-11-14-40-20(17-37)2-1-13-41-26/h1-5,8,16,18,20,34,39H,6-7,9-15,17H2/b2-1-. The number of nitrogens with zero attached hydrogens (tertiary/aromatic N) is 7. The third-order valence-electron chi connectivity index (χ3n) is 7.62. The summed E-state index contributed by atoms with van der Waals surface area (Å²) < 4.78 is 59.5. The van der Waals surface area contributed by atoms with Gasteiger partial charge in [0, 0.05) is 50.1 Å². The molecule has 1 unspecified atom stereocenters. The number of benzene rings is 1. The topological polar surface area (TPSA) is 114 Å². The summed E-state index contributed by atoms with van der Waals surface area (Å²) in [5.74, 6) is 0.993. The van der Waals surface area contributed by atoms with Crippen molar-refractivity contribution in [2.45, 2.75) is 30.7 Å². The van der Waals surface area contributed by atoms with Crippen molar-refractivity contribution < 1.29 is 27.8 Å². The van der Waals surface area contributed by atoms with Crippen LogP contribution in [-0.4, -0.2) is 99.7 Å². The van der Waals surface area contributed by atoms with Crippen LogP contribution in [0, 0.1) is 0 Å². The summed E-state index contributed by atoms with van der Waals surface area (Å²) in [5, 5.41) is 17.9. The first-order valence-electron chi connectivity index (χ1n) is 13.7. The van der Waals surface area contributed by atoms with E-state index in [-0.39, 0.29) is 45.2 Å². The van der Waals surface area contributed by atoms with E-state index in [1.165, 1.54) is 11.9 Å². The third kappa shape index (κ3) is 5.91. The van der Waals surface area contributed by atoms with E-state index in [2.05, 4.69) is 20.0 Å². The second-order valence-electron chi connectivity index (χ2n) is 10.2. The number of rotatable bonds is 4. The summed E-state index contributed by atoms with van der Waals surface area (Å²) in [6.07, 6.45) is 1.46. The van der Waals surface area contributed by atoms with Crippen molar-refractivity contribution in [3.63, 3.8) is 0 Å². The van der Waals surface area contributed by atoms with Gasteiger partial charge in [-0.05, 0) is 24.3 Å². The maximum Gasteiger partial charge on any atom is 0.417 e. The Hall–Kier alpha value is -3.40. The Morgan fingerprint density at radius 2 is 1.95 bits per heavy atom. The fraction of sp³-hybridized carbons (Fsp3) is 0.481. The van der Waals surface area contributed by atoms with Crippen LogP contribution < -0.4 is 14.5 Å². The van der Waals surface area contributed by atoms with Crippen molar-refractivity contribution in [1.82, 2.24) is 25.0 Å². The molecule has 3 aromatic rings. The zero-order chi connectivity index (χ0) is 29.2. The van der Waals surface area contributed by atoms with Gasteiger partial charge in [-0.15, -0.1) is 5.10 Å². The normalized spacial score (nSPS) is 23.5. The SMILES string of the molecule is OCCSNc1ccc2c(c1)N1CCC(C(F)(F)F)(CC1)OC/C=C\C1CN(CCO1)c1nccc(n1)-c1cn-2nn1. The summed E-state index contributed by atoms with van der Waals surface area (Å²) in [5.41, 5.74) is 1.01. The number of aliphatic hydroxyl groups is 1. The molecule has 15 heteroatoms. The number of halogens is 3. The summed E-state index contributed by atoms with van der Waals surface area (Å²) in [7, 11) is 0. The first-order valence-corrected chi connectivity index (χ1v) is 14.7. The molecule has 1 aromatic carbocycles. The largest absolute Gasteiger partial charge is 0.417 e. The van der Waals surface area contributed by atoms with Crippen LogP contribution in [0.25, 0.3) is 17.1 Å². The van der Waals surface area contributed by atoms with Crippen molar-refractivity contribution >= 4 is 29.3 Å². The zero-order valence-electron chi connectivity index (χ0n) is 22.7. The van der Waals surface area contributed by atoms with Crippen molar-refractivity contribution in [3.05, 3.63) is 48.8 Å². The molecule has 0 saturated carbocycles. The number of alkyl halides is 3. The minimum absolute atomic E-state index is 0.0153. The molecule has 6 heterocycles. The predicted octanol–water partition coefficient (Wildman–Crippen LogP) is 3.47. The first-order chi connectivity index (χ1) is 20.3. The second-order valence-corrected chi connectivity index (χ2v) is 11.1. The van der Waals surface area contributed by atoms with Crippen LogP contribution >= 0.6 is 11.9 Å². The summed E-state index contributed by atoms with van der Waals surface area (Å²) >= 11 is 1.34. The smallest absolute Gasteiger partial charge is 0.395 e. The molecule has 0 spiro atoms. The highest BCUT2D eigenvalue weighted by Crippen LogP contribution is 2.43. The minimum Gasteiger partial charge on any atom is -0.395 e. The number of aliphatic hydroxyl groups excluding tert-OH is 1. The van der Waals surface area contributed by atoms with Gasteiger partial charge in [0.2, 0.25) is 5.95 Å². The number of ether oxygens (including phenoxy) is 2. The van der Waals surface area contributed by atoms with E-state index in [0.29, 0.717) is 54.2 Å². The number of morpholine rings is 1. The van der Waals surface area contributed by atoms with Gasteiger partial charge in [0.15, 0.2) is 5.60 Å². The van der Waals surface area contributed by atoms with E-state index in [0.717, 1.165) is 5.69 Å². The van der Waals surface area contributed by atoms with Crippen molar-refractivity contribution in [2.24, 2.45) is 0 Å². The van der Waals surface area contributed by atoms with E-state index in [9.17, 15) is 13.2 Å². The Labute approximate surface area is 244 Å². The van der Waals surface area contributed by atoms with Gasteiger partial charge in [-0.3, -0.25) is 0 Å². The van der Waals surface area contributed by atoms with Crippen LogP contribution in [0.5, 0.6) is 0 Å². The van der Waals surface area contributed by atoms with E-state index < -0.39 is 11.8 Å². The van der Waals surface area contributed by atoms with Crippen LogP contribution in [-0.2, 0) is 9.47 Å². The van der Waals surface area contributed by atoms with E-state index in [1.807, 2.05) is 28.0 Å². The Balaban J connectivity index is 1.40. The molecule has 1 atom stereocenters. The van der Waals surface area contributed by atoms with Gasteiger partial charge in [0.25, 0.3) is 0 Å². The molecule has 0 aliphatic carbocycles. The van der Waals surface area contributed by atoms with Crippen LogP contribution in [0.2, 0.25) is 0 Å². The highest BCUT2D eigenvalue weighted by atomic mass is 32.2. The lowest BCUT2D eigenvalue weighted by atomic mass is 9.89. The predicted molar refractivity (Wildman–Crippen MR) is 153 cm³/mol. The third-order valence-corrected chi connectivity index (χ3v) is 8.38. The molecule has 11 nitrogen and oxygen atoms in total. The fourth-order valence-corrected chi connectivity index (χ4v) is 5.85. The number of hydrogen-bond donors (Lipinski definition) is 2. The van der Waals surface area contributed by atoms with Crippen LogP contribution in [0.15, 0.2) is 48.8 Å². The van der Waals surface area contributed by atoms with Crippen molar-refractivity contribution in [3.8, 4) is 17.1 Å². The van der Waals surface area contributed by atoms with Gasteiger partial charge >= 0.3 is 6.18 Å². The Kier molecular flexibility index (Phi) is 8.25. The van der Waals surface area contributed by atoms with E-state index >= 15 is 0 Å². The van der Waals surface area contributed by atoms with Gasteiger partial charge in [-0.25, -0.2) is 14.6 Å². The zero-order valence-corrected chi connectivity index (χ0v) is 23.5. The molecule has 2 fully saturated rings. The number of hydrogen-bond acceptors (Lipinski definition) is 11. The molecule has 0 radical (unpaired) electrons. The Morgan fingerprint density at radius 3 is 2.76 bits per heavy atom.